The van der Waals surface area contributed by atoms with E-state index in [0.717, 1.165) is 26.2 Å². The van der Waals surface area contributed by atoms with Gasteiger partial charge in [-0.2, -0.15) is 0 Å². The van der Waals surface area contributed by atoms with Crippen LogP contribution in [0.5, 0.6) is 0 Å². The fraction of sp³-hybridized carbons (Fsp3) is 1.00. The SMILES string of the molecule is CC.CN1CCN(CCF)CC1. The van der Waals surface area contributed by atoms with Gasteiger partial charge >= 0.3 is 0 Å². The molecular weight excluding hydrogens is 155 g/mol. The van der Waals surface area contributed by atoms with Crippen LogP contribution in [-0.2, 0) is 0 Å². The normalized spacial score (nSPS) is 20.0. The van der Waals surface area contributed by atoms with E-state index in [1.54, 1.807) is 0 Å². The van der Waals surface area contributed by atoms with Gasteiger partial charge < -0.3 is 4.90 Å². The molecule has 1 aliphatic heterocycles. The van der Waals surface area contributed by atoms with Crippen molar-refractivity contribution >= 4 is 0 Å². The maximum Gasteiger partial charge on any atom is 0.102 e. The third-order valence-corrected chi connectivity index (χ3v) is 2.00. The minimum atomic E-state index is -0.205. The Morgan fingerprint density at radius 2 is 1.58 bits per heavy atom. The van der Waals surface area contributed by atoms with Crippen molar-refractivity contribution in [2.75, 3.05) is 46.4 Å². The summed E-state index contributed by atoms with van der Waals surface area (Å²) in [4.78, 5) is 4.44. The zero-order valence-electron chi connectivity index (χ0n) is 8.52. The molecule has 0 aromatic heterocycles. The highest BCUT2D eigenvalue weighted by Crippen LogP contribution is 1.97. The van der Waals surface area contributed by atoms with Gasteiger partial charge in [0, 0.05) is 32.7 Å². The molecule has 1 heterocycles. The maximum absolute atomic E-state index is 11.8. The summed E-state index contributed by atoms with van der Waals surface area (Å²) in [6.45, 7) is 8.64. The molecule has 0 aliphatic carbocycles. The van der Waals surface area contributed by atoms with Crippen molar-refractivity contribution in [2.45, 2.75) is 13.8 Å². The van der Waals surface area contributed by atoms with E-state index in [1.807, 2.05) is 13.8 Å². The van der Waals surface area contributed by atoms with Gasteiger partial charge in [-0.15, -0.1) is 0 Å². The first kappa shape index (κ1) is 11.8. The van der Waals surface area contributed by atoms with Gasteiger partial charge in [0.15, 0.2) is 0 Å². The molecule has 0 N–H and O–H groups in total. The number of likely N-dealkylation sites (N-methyl/N-ethyl adjacent to an activating group) is 1. The average molecular weight is 176 g/mol. The Morgan fingerprint density at radius 1 is 1.08 bits per heavy atom. The van der Waals surface area contributed by atoms with Crippen molar-refractivity contribution in [3.63, 3.8) is 0 Å². The predicted molar refractivity (Wildman–Crippen MR) is 51.3 cm³/mol. The fourth-order valence-electron chi connectivity index (χ4n) is 1.19. The predicted octanol–water partition coefficient (Wildman–Crippen LogP) is 1.23. The summed E-state index contributed by atoms with van der Waals surface area (Å²) >= 11 is 0. The summed E-state index contributed by atoms with van der Waals surface area (Å²) in [7, 11) is 2.10. The fourth-order valence-corrected chi connectivity index (χ4v) is 1.19. The standard InChI is InChI=1S/C7H15FN2.C2H6/c1-9-4-6-10(3-2-8)7-5-9;1-2/h2-7H2,1H3;1-2H3. The Morgan fingerprint density at radius 3 is 2.00 bits per heavy atom. The van der Waals surface area contributed by atoms with Gasteiger partial charge in [-0.25, -0.2) is 4.39 Å². The van der Waals surface area contributed by atoms with E-state index in [4.69, 9.17) is 0 Å². The highest BCUT2D eigenvalue weighted by Gasteiger charge is 2.12. The minimum Gasteiger partial charge on any atom is -0.304 e. The van der Waals surface area contributed by atoms with Gasteiger partial charge in [0.1, 0.15) is 6.67 Å². The minimum absolute atomic E-state index is 0.205. The van der Waals surface area contributed by atoms with Crippen LogP contribution in [0.1, 0.15) is 13.8 Å². The molecule has 1 aliphatic rings. The molecule has 0 atom stereocenters. The van der Waals surface area contributed by atoms with E-state index in [2.05, 4.69) is 16.8 Å². The molecular formula is C9H21FN2. The van der Waals surface area contributed by atoms with E-state index < -0.39 is 0 Å². The van der Waals surface area contributed by atoms with Crippen LogP contribution in [-0.4, -0.2) is 56.2 Å². The first-order valence-electron chi connectivity index (χ1n) is 4.80. The summed E-state index contributed by atoms with van der Waals surface area (Å²) in [6, 6.07) is 0. The van der Waals surface area contributed by atoms with E-state index in [-0.39, 0.29) is 6.67 Å². The Balaban J connectivity index is 0.000000561. The van der Waals surface area contributed by atoms with Crippen LogP contribution in [0.25, 0.3) is 0 Å². The molecule has 0 bridgehead atoms. The molecule has 1 rings (SSSR count). The maximum atomic E-state index is 11.8. The van der Waals surface area contributed by atoms with Gasteiger partial charge in [-0.05, 0) is 7.05 Å². The van der Waals surface area contributed by atoms with Crippen LogP contribution in [0.2, 0.25) is 0 Å². The van der Waals surface area contributed by atoms with Crippen molar-refractivity contribution in [3.05, 3.63) is 0 Å². The second-order valence-corrected chi connectivity index (χ2v) is 2.83. The Kier molecular flexibility index (Phi) is 7.40. The lowest BCUT2D eigenvalue weighted by atomic mass is 10.3. The highest BCUT2D eigenvalue weighted by atomic mass is 19.1. The molecule has 3 heteroatoms. The monoisotopic (exact) mass is 176 g/mol. The summed E-state index contributed by atoms with van der Waals surface area (Å²) < 4.78 is 11.8. The average Bonchev–Trinajstić information content (AvgIpc) is 2.13. The zero-order chi connectivity index (χ0) is 9.40. The molecule has 0 aromatic carbocycles. The first-order chi connectivity index (χ1) is 5.83. The van der Waals surface area contributed by atoms with Crippen molar-refractivity contribution in [1.29, 1.82) is 0 Å². The van der Waals surface area contributed by atoms with Gasteiger partial charge in [0.05, 0.1) is 0 Å². The van der Waals surface area contributed by atoms with Gasteiger partial charge in [-0.3, -0.25) is 4.90 Å². The lowest BCUT2D eigenvalue weighted by molar-refractivity contribution is 0.146. The van der Waals surface area contributed by atoms with Gasteiger partial charge in [0.2, 0.25) is 0 Å². The van der Waals surface area contributed by atoms with Crippen LogP contribution in [0, 0.1) is 0 Å². The second-order valence-electron chi connectivity index (χ2n) is 2.83. The van der Waals surface area contributed by atoms with Crippen molar-refractivity contribution in [3.8, 4) is 0 Å². The van der Waals surface area contributed by atoms with Crippen LogP contribution in [0.3, 0.4) is 0 Å². The highest BCUT2D eigenvalue weighted by molar-refractivity contribution is 4.68. The van der Waals surface area contributed by atoms with Crippen LogP contribution in [0.4, 0.5) is 4.39 Å². The molecule has 0 aromatic rings. The summed E-state index contributed by atoms with van der Waals surface area (Å²) in [6.07, 6.45) is 0. The Labute approximate surface area is 75.3 Å². The molecule has 1 fully saturated rings. The quantitative estimate of drug-likeness (QED) is 0.624. The first-order valence-corrected chi connectivity index (χ1v) is 4.80. The van der Waals surface area contributed by atoms with Crippen molar-refractivity contribution in [1.82, 2.24) is 9.80 Å². The number of nitrogens with zero attached hydrogens (tertiary/aromatic N) is 2. The molecule has 2 nitrogen and oxygen atoms in total. The van der Waals surface area contributed by atoms with Gasteiger partial charge in [-0.1, -0.05) is 13.8 Å². The number of hydrogen-bond donors (Lipinski definition) is 0. The van der Waals surface area contributed by atoms with Crippen LogP contribution in [0.15, 0.2) is 0 Å². The van der Waals surface area contributed by atoms with E-state index in [1.165, 1.54) is 0 Å². The molecule has 0 saturated carbocycles. The van der Waals surface area contributed by atoms with Crippen molar-refractivity contribution in [2.24, 2.45) is 0 Å². The third kappa shape index (κ3) is 4.67. The molecule has 12 heavy (non-hydrogen) atoms. The number of halogens is 1. The molecule has 0 amide bonds. The van der Waals surface area contributed by atoms with Crippen LogP contribution >= 0.6 is 0 Å². The Hall–Kier alpha value is -0.150. The molecule has 0 unspecified atom stereocenters. The molecule has 0 spiro atoms. The van der Waals surface area contributed by atoms with Crippen molar-refractivity contribution < 1.29 is 4.39 Å². The van der Waals surface area contributed by atoms with E-state index in [9.17, 15) is 4.39 Å². The smallest absolute Gasteiger partial charge is 0.102 e. The van der Waals surface area contributed by atoms with E-state index in [0.29, 0.717) is 6.54 Å². The summed E-state index contributed by atoms with van der Waals surface area (Å²) in [5, 5.41) is 0. The molecule has 1 saturated heterocycles. The largest absolute Gasteiger partial charge is 0.304 e. The topological polar surface area (TPSA) is 6.48 Å². The molecule has 0 radical (unpaired) electrons. The second kappa shape index (κ2) is 7.50. The lowest BCUT2D eigenvalue weighted by Crippen LogP contribution is -2.45. The number of piperazine rings is 1. The summed E-state index contributed by atoms with van der Waals surface area (Å²) in [5.41, 5.74) is 0. The lowest BCUT2D eigenvalue weighted by Gasteiger charge is -2.31. The third-order valence-electron chi connectivity index (χ3n) is 2.00. The number of rotatable bonds is 2. The molecule has 74 valence electrons. The Bertz CT molecular complexity index is 90.5. The number of hydrogen-bond acceptors (Lipinski definition) is 2. The van der Waals surface area contributed by atoms with Gasteiger partial charge in [0.25, 0.3) is 0 Å². The number of alkyl halides is 1. The van der Waals surface area contributed by atoms with E-state index >= 15 is 0 Å². The summed E-state index contributed by atoms with van der Waals surface area (Å²) in [5.74, 6) is 0. The van der Waals surface area contributed by atoms with Crippen LogP contribution < -0.4 is 0 Å². The zero-order valence-corrected chi connectivity index (χ0v) is 8.52.